The Balaban J connectivity index is 2.10. The smallest absolute Gasteiger partial charge is 0.127 e. The van der Waals surface area contributed by atoms with Gasteiger partial charge in [0.2, 0.25) is 0 Å². The molecular formula is C14H21FN2. The summed E-state index contributed by atoms with van der Waals surface area (Å²) in [6.45, 7) is 4.40. The number of hydrogen-bond donors (Lipinski definition) is 1. The number of aryl methyl sites for hydroxylation is 1. The lowest BCUT2D eigenvalue weighted by atomic mass is 10.0. The van der Waals surface area contributed by atoms with E-state index in [4.69, 9.17) is 5.73 Å². The molecule has 1 heterocycles. The van der Waals surface area contributed by atoms with Gasteiger partial charge in [-0.2, -0.15) is 0 Å². The average molecular weight is 236 g/mol. The van der Waals surface area contributed by atoms with E-state index in [1.807, 2.05) is 19.1 Å². The van der Waals surface area contributed by atoms with E-state index in [0.717, 1.165) is 24.1 Å². The highest BCUT2D eigenvalue weighted by Gasteiger charge is 2.21. The van der Waals surface area contributed by atoms with Crippen molar-refractivity contribution < 1.29 is 4.39 Å². The van der Waals surface area contributed by atoms with Crippen molar-refractivity contribution in [2.45, 2.75) is 38.8 Å². The van der Waals surface area contributed by atoms with Gasteiger partial charge in [0, 0.05) is 24.7 Å². The largest absolute Gasteiger partial charge is 0.329 e. The predicted octanol–water partition coefficient (Wildman–Crippen LogP) is 2.45. The molecule has 0 bridgehead atoms. The van der Waals surface area contributed by atoms with Crippen LogP contribution < -0.4 is 5.73 Å². The zero-order valence-corrected chi connectivity index (χ0v) is 10.5. The van der Waals surface area contributed by atoms with Crippen LogP contribution >= 0.6 is 0 Å². The first kappa shape index (κ1) is 12.5. The number of benzene rings is 1. The summed E-state index contributed by atoms with van der Waals surface area (Å²) < 4.78 is 13.7. The van der Waals surface area contributed by atoms with Crippen LogP contribution in [0.25, 0.3) is 0 Å². The zero-order chi connectivity index (χ0) is 12.3. The lowest BCUT2D eigenvalue weighted by Crippen LogP contribution is -2.43. The second-order valence-corrected chi connectivity index (χ2v) is 4.95. The highest BCUT2D eigenvalue weighted by atomic mass is 19.1. The molecule has 0 radical (unpaired) electrons. The van der Waals surface area contributed by atoms with Crippen molar-refractivity contribution in [2.75, 3.05) is 13.1 Å². The molecule has 0 saturated carbocycles. The van der Waals surface area contributed by atoms with Crippen LogP contribution in [0, 0.1) is 12.7 Å². The van der Waals surface area contributed by atoms with Gasteiger partial charge in [-0.3, -0.25) is 4.90 Å². The van der Waals surface area contributed by atoms with Gasteiger partial charge >= 0.3 is 0 Å². The molecule has 1 aliphatic rings. The van der Waals surface area contributed by atoms with Gasteiger partial charge in [0.1, 0.15) is 5.82 Å². The Bertz CT molecular complexity index is 378. The maximum absolute atomic E-state index is 13.7. The summed E-state index contributed by atoms with van der Waals surface area (Å²) in [6.07, 6.45) is 3.59. The van der Waals surface area contributed by atoms with Crippen LogP contribution in [0.5, 0.6) is 0 Å². The Morgan fingerprint density at radius 2 is 2.24 bits per heavy atom. The number of nitrogens with two attached hydrogens (primary N) is 1. The summed E-state index contributed by atoms with van der Waals surface area (Å²) in [5.41, 5.74) is 7.69. The van der Waals surface area contributed by atoms with Gasteiger partial charge < -0.3 is 5.73 Å². The molecule has 1 aromatic rings. The third kappa shape index (κ3) is 3.05. The quantitative estimate of drug-likeness (QED) is 0.873. The normalized spacial score (nSPS) is 21.7. The first-order valence-electron chi connectivity index (χ1n) is 6.40. The highest BCUT2D eigenvalue weighted by Crippen LogP contribution is 2.20. The van der Waals surface area contributed by atoms with Gasteiger partial charge in [-0.05, 0) is 32.4 Å². The van der Waals surface area contributed by atoms with Gasteiger partial charge in [0.25, 0.3) is 0 Å². The van der Waals surface area contributed by atoms with Crippen molar-refractivity contribution in [3.05, 3.63) is 35.1 Å². The van der Waals surface area contributed by atoms with Crippen LogP contribution in [-0.2, 0) is 6.54 Å². The van der Waals surface area contributed by atoms with Crippen molar-refractivity contribution in [1.29, 1.82) is 0 Å². The van der Waals surface area contributed by atoms with E-state index in [9.17, 15) is 4.39 Å². The van der Waals surface area contributed by atoms with E-state index < -0.39 is 0 Å². The topological polar surface area (TPSA) is 29.3 Å². The number of halogens is 1. The lowest BCUT2D eigenvalue weighted by Gasteiger charge is -2.35. The molecule has 1 aliphatic heterocycles. The number of nitrogens with zero attached hydrogens (tertiary/aromatic N) is 1. The average Bonchev–Trinajstić information content (AvgIpc) is 2.34. The molecule has 2 nitrogen and oxygen atoms in total. The molecule has 94 valence electrons. The van der Waals surface area contributed by atoms with Crippen molar-refractivity contribution in [3.8, 4) is 0 Å². The highest BCUT2D eigenvalue weighted by molar-refractivity contribution is 5.24. The first-order chi connectivity index (χ1) is 8.20. The van der Waals surface area contributed by atoms with Crippen molar-refractivity contribution in [3.63, 3.8) is 0 Å². The maximum atomic E-state index is 13.7. The van der Waals surface area contributed by atoms with Crippen LogP contribution in [0.15, 0.2) is 18.2 Å². The Labute approximate surface area is 103 Å². The van der Waals surface area contributed by atoms with Gasteiger partial charge in [-0.25, -0.2) is 4.39 Å². The van der Waals surface area contributed by atoms with E-state index in [0.29, 0.717) is 19.1 Å². The zero-order valence-electron chi connectivity index (χ0n) is 10.5. The van der Waals surface area contributed by atoms with Crippen LogP contribution in [0.2, 0.25) is 0 Å². The van der Waals surface area contributed by atoms with Crippen molar-refractivity contribution in [2.24, 2.45) is 5.73 Å². The predicted molar refractivity (Wildman–Crippen MR) is 68.2 cm³/mol. The Kier molecular flexibility index (Phi) is 4.13. The van der Waals surface area contributed by atoms with Gasteiger partial charge in [-0.15, -0.1) is 0 Å². The van der Waals surface area contributed by atoms with Crippen molar-refractivity contribution >= 4 is 0 Å². The monoisotopic (exact) mass is 236 g/mol. The van der Waals surface area contributed by atoms with Crippen LogP contribution in [0.1, 0.15) is 30.4 Å². The van der Waals surface area contributed by atoms with E-state index in [2.05, 4.69) is 4.90 Å². The van der Waals surface area contributed by atoms with Crippen LogP contribution in [0.3, 0.4) is 0 Å². The van der Waals surface area contributed by atoms with Crippen molar-refractivity contribution in [1.82, 2.24) is 4.90 Å². The van der Waals surface area contributed by atoms with E-state index in [1.54, 1.807) is 6.07 Å². The molecule has 1 fully saturated rings. The van der Waals surface area contributed by atoms with Crippen LogP contribution in [0.4, 0.5) is 4.39 Å². The van der Waals surface area contributed by atoms with E-state index in [-0.39, 0.29) is 5.82 Å². The van der Waals surface area contributed by atoms with E-state index in [1.165, 1.54) is 12.8 Å². The maximum Gasteiger partial charge on any atom is 0.127 e. The molecule has 0 amide bonds. The third-order valence-electron chi connectivity index (χ3n) is 3.60. The summed E-state index contributed by atoms with van der Waals surface area (Å²) in [5.74, 6) is -0.100. The molecule has 0 aliphatic carbocycles. The molecular weight excluding hydrogens is 215 g/mol. The SMILES string of the molecule is Cc1ccc(F)c(CN2CCCCC2CN)c1. The number of hydrogen-bond acceptors (Lipinski definition) is 2. The molecule has 2 N–H and O–H groups in total. The Hall–Kier alpha value is -0.930. The van der Waals surface area contributed by atoms with Gasteiger partial charge in [-0.1, -0.05) is 24.1 Å². The fraction of sp³-hybridized carbons (Fsp3) is 0.571. The van der Waals surface area contributed by atoms with Crippen LogP contribution in [-0.4, -0.2) is 24.0 Å². The minimum atomic E-state index is -0.100. The molecule has 2 rings (SSSR count). The fourth-order valence-electron chi connectivity index (χ4n) is 2.58. The Morgan fingerprint density at radius 1 is 1.41 bits per heavy atom. The van der Waals surface area contributed by atoms with Gasteiger partial charge in [0.05, 0.1) is 0 Å². The number of likely N-dealkylation sites (tertiary alicyclic amines) is 1. The molecule has 1 atom stereocenters. The van der Waals surface area contributed by atoms with E-state index >= 15 is 0 Å². The minimum absolute atomic E-state index is 0.100. The fourth-order valence-corrected chi connectivity index (χ4v) is 2.58. The molecule has 17 heavy (non-hydrogen) atoms. The minimum Gasteiger partial charge on any atom is -0.329 e. The summed E-state index contributed by atoms with van der Waals surface area (Å²) in [6, 6.07) is 5.74. The molecule has 0 spiro atoms. The summed E-state index contributed by atoms with van der Waals surface area (Å²) in [7, 11) is 0. The Morgan fingerprint density at radius 3 is 3.00 bits per heavy atom. The second-order valence-electron chi connectivity index (χ2n) is 4.95. The number of piperidine rings is 1. The standard InChI is InChI=1S/C14H21FN2/c1-11-5-6-14(15)12(8-11)10-17-7-3-2-4-13(17)9-16/h5-6,8,13H,2-4,7,9-10,16H2,1H3. The summed E-state index contributed by atoms with van der Waals surface area (Å²) in [4.78, 5) is 2.32. The van der Waals surface area contributed by atoms with Gasteiger partial charge in [0.15, 0.2) is 0 Å². The molecule has 1 aromatic carbocycles. The summed E-state index contributed by atoms with van der Waals surface area (Å²) in [5, 5.41) is 0. The second kappa shape index (κ2) is 5.61. The third-order valence-corrected chi connectivity index (χ3v) is 3.60. The lowest BCUT2D eigenvalue weighted by molar-refractivity contribution is 0.143. The molecule has 1 unspecified atom stereocenters. The summed E-state index contributed by atoms with van der Waals surface area (Å²) >= 11 is 0. The molecule has 3 heteroatoms. The molecule has 0 aromatic heterocycles. The molecule has 1 saturated heterocycles. The first-order valence-corrected chi connectivity index (χ1v) is 6.40. The number of rotatable bonds is 3.